The molecule has 0 unspecified atom stereocenters. The summed E-state index contributed by atoms with van der Waals surface area (Å²) in [6.07, 6.45) is 1.54. The fourth-order valence-electron chi connectivity index (χ4n) is 1.57. The van der Waals surface area contributed by atoms with E-state index in [-0.39, 0.29) is 4.90 Å². The zero-order valence-electron chi connectivity index (χ0n) is 10.1. The van der Waals surface area contributed by atoms with Crippen LogP contribution in [0, 0.1) is 13.8 Å². The Labute approximate surface area is 105 Å². The third-order valence-corrected chi connectivity index (χ3v) is 3.78. The average Bonchev–Trinajstić information content (AvgIpc) is 2.62. The minimum atomic E-state index is -3.65. The van der Waals surface area contributed by atoms with E-state index in [4.69, 9.17) is 5.73 Å². The van der Waals surface area contributed by atoms with E-state index in [1.165, 1.54) is 6.07 Å². The van der Waals surface area contributed by atoms with Crippen LogP contribution >= 0.6 is 0 Å². The molecule has 6 nitrogen and oxygen atoms in total. The molecule has 7 heteroatoms. The summed E-state index contributed by atoms with van der Waals surface area (Å²) in [5, 5.41) is 6.35. The number of H-pyrrole nitrogens is 1. The molecule has 0 saturated carbocycles. The van der Waals surface area contributed by atoms with Crippen LogP contribution in [0.15, 0.2) is 29.3 Å². The molecule has 0 bridgehead atoms. The predicted octanol–water partition coefficient (Wildman–Crippen LogP) is 1.41. The SMILES string of the molecule is Cc1cc(N)cc(S(=O)(=O)Nc2[nH]ncc2C)c1. The van der Waals surface area contributed by atoms with Crippen molar-refractivity contribution in [2.45, 2.75) is 18.7 Å². The van der Waals surface area contributed by atoms with Gasteiger partial charge in [0.15, 0.2) is 0 Å². The molecule has 1 heterocycles. The van der Waals surface area contributed by atoms with Gasteiger partial charge in [-0.1, -0.05) is 0 Å². The number of aromatic nitrogens is 2. The number of aromatic amines is 1. The van der Waals surface area contributed by atoms with Crippen molar-refractivity contribution >= 4 is 21.5 Å². The van der Waals surface area contributed by atoms with E-state index in [1.54, 1.807) is 32.2 Å². The van der Waals surface area contributed by atoms with Gasteiger partial charge in [-0.15, -0.1) is 0 Å². The van der Waals surface area contributed by atoms with Crippen molar-refractivity contribution in [3.8, 4) is 0 Å². The van der Waals surface area contributed by atoms with Crippen LogP contribution in [0.3, 0.4) is 0 Å². The smallest absolute Gasteiger partial charge is 0.263 e. The van der Waals surface area contributed by atoms with E-state index in [0.29, 0.717) is 11.5 Å². The number of hydrogen-bond donors (Lipinski definition) is 3. The number of hydrogen-bond acceptors (Lipinski definition) is 4. The summed E-state index contributed by atoms with van der Waals surface area (Å²) < 4.78 is 26.7. The van der Waals surface area contributed by atoms with Crippen LogP contribution < -0.4 is 10.5 Å². The highest BCUT2D eigenvalue weighted by atomic mass is 32.2. The van der Waals surface area contributed by atoms with Gasteiger partial charge in [0.05, 0.1) is 11.1 Å². The molecule has 96 valence electrons. The molecular weight excluding hydrogens is 252 g/mol. The normalized spacial score (nSPS) is 11.4. The van der Waals surface area contributed by atoms with Gasteiger partial charge in [-0.3, -0.25) is 9.82 Å². The maximum absolute atomic E-state index is 12.1. The summed E-state index contributed by atoms with van der Waals surface area (Å²) in [7, 11) is -3.65. The molecule has 18 heavy (non-hydrogen) atoms. The number of sulfonamides is 1. The van der Waals surface area contributed by atoms with Crippen molar-refractivity contribution < 1.29 is 8.42 Å². The van der Waals surface area contributed by atoms with Gasteiger partial charge in [-0.2, -0.15) is 5.10 Å². The van der Waals surface area contributed by atoms with Gasteiger partial charge in [-0.05, 0) is 37.6 Å². The lowest BCUT2D eigenvalue weighted by Crippen LogP contribution is -2.14. The molecule has 2 aromatic rings. The Bertz CT molecular complexity index is 656. The first-order valence-corrected chi connectivity index (χ1v) is 6.77. The molecule has 0 saturated heterocycles. The molecule has 0 radical (unpaired) electrons. The van der Waals surface area contributed by atoms with E-state index in [9.17, 15) is 8.42 Å². The van der Waals surface area contributed by atoms with Crippen molar-refractivity contribution in [3.63, 3.8) is 0 Å². The number of rotatable bonds is 3. The van der Waals surface area contributed by atoms with Crippen LogP contribution in [0.4, 0.5) is 11.5 Å². The minimum absolute atomic E-state index is 0.133. The van der Waals surface area contributed by atoms with Crippen LogP contribution in [0.1, 0.15) is 11.1 Å². The maximum Gasteiger partial charge on any atom is 0.263 e. The fraction of sp³-hybridized carbons (Fsp3) is 0.182. The van der Waals surface area contributed by atoms with Crippen molar-refractivity contribution in [2.75, 3.05) is 10.5 Å². The molecule has 2 rings (SSSR count). The van der Waals surface area contributed by atoms with E-state index in [1.807, 2.05) is 0 Å². The Morgan fingerprint density at radius 2 is 2.00 bits per heavy atom. The molecule has 1 aromatic carbocycles. The molecule has 0 atom stereocenters. The Balaban J connectivity index is 2.40. The lowest BCUT2D eigenvalue weighted by atomic mass is 10.2. The zero-order valence-corrected chi connectivity index (χ0v) is 10.9. The Morgan fingerprint density at radius 3 is 2.56 bits per heavy atom. The Kier molecular flexibility index (Phi) is 3.00. The van der Waals surface area contributed by atoms with E-state index in [2.05, 4.69) is 14.9 Å². The monoisotopic (exact) mass is 266 g/mol. The van der Waals surface area contributed by atoms with Gasteiger partial charge in [0.2, 0.25) is 0 Å². The first kappa shape index (κ1) is 12.4. The summed E-state index contributed by atoms with van der Waals surface area (Å²) in [6.45, 7) is 3.54. The summed E-state index contributed by atoms with van der Waals surface area (Å²) in [6, 6.07) is 4.69. The highest BCUT2D eigenvalue weighted by molar-refractivity contribution is 7.92. The van der Waals surface area contributed by atoms with Gasteiger partial charge in [0, 0.05) is 11.3 Å². The molecule has 0 aliphatic carbocycles. The van der Waals surface area contributed by atoms with Gasteiger partial charge in [0.1, 0.15) is 5.82 Å². The second kappa shape index (κ2) is 4.34. The van der Waals surface area contributed by atoms with E-state index in [0.717, 1.165) is 11.1 Å². The first-order chi connectivity index (χ1) is 8.38. The number of nitrogens with zero attached hydrogens (tertiary/aromatic N) is 1. The molecule has 4 N–H and O–H groups in total. The van der Waals surface area contributed by atoms with E-state index >= 15 is 0 Å². The second-order valence-electron chi connectivity index (χ2n) is 4.11. The van der Waals surface area contributed by atoms with Crippen LogP contribution in [0.5, 0.6) is 0 Å². The summed E-state index contributed by atoms with van der Waals surface area (Å²) in [5.41, 5.74) is 7.57. The number of aryl methyl sites for hydroxylation is 2. The number of nitrogen functional groups attached to an aromatic ring is 1. The van der Waals surface area contributed by atoms with Crippen molar-refractivity contribution in [1.82, 2.24) is 10.2 Å². The predicted molar refractivity (Wildman–Crippen MR) is 69.7 cm³/mol. The standard InChI is InChI=1S/C11H14N4O2S/c1-7-3-9(12)5-10(4-7)18(16,17)15-11-8(2)6-13-14-11/h3-6H,12H2,1-2H3,(H2,13,14,15). The van der Waals surface area contributed by atoms with Crippen molar-refractivity contribution in [1.29, 1.82) is 0 Å². The average molecular weight is 266 g/mol. The topological polar surface area (TPSA) is 101 Å². The summed E-state index contributed by atoms with van der Waals surface area (Å²) in [4.78, 5) is 0.133. The summed E-state index contributed by atoms with van der Waals surface area (Å²) >= 11 is 0. The maximum atomic E-state index is 12.1. The number of anilines is 2. The molecule has 0 aliphatic rings. The number of nitrogens with one attached hydrogen (secondary N) is 2. The molecule has 0 spiro atoms. The minimum Gasteiger partial charge on any atom is -0.399 e. The third-order valence-electron chi connectivity index (χ3n) is 2.45. The van der Waals surface area contributed by atoms with Gasteiger partial charge < -0.3 is 5.73 Å². The number of benzene rings is 1. The van der Waals surface area contributed by atoms with Crippen LogP contribution in [-0.4, -0.2) is 18.6 Å². The van der Waals surface area contributed by atoms with Crippen LogP contribution in [0.25, 0.3) is 0 Å². The largest absolute Gasteiger partial charge is 0.399 e. The first-order valence-electron chi connectivity index (χ1n) is 5.28. The van der Waals surface area contributed by atoms with Crippen LogP contribution in [-0.2, 0) is 10.0 Å². The molecular formula is C11H14N4O2S. The third kappa shape index (κ3) is 2.45. The van der Waals surface area contributed by atoms with Gasteiger partial charge in [-0.25, -0.2) is 8.42 Å². The molecule has 0 fully saturated rings. The number of nitrogens with two attached hydrogens (primary N) is 1. The second-order valence-corrected chi connectivity index (χ2v) is 5.80. The van der Waals surface area contributed by atoms with E-state index < -0.39 is 10.0 Å². The lowest BCUT2D eigenvalue weighted by Gasteiger charge is -2.08. The van der Waals surface area contributed by atoms with Crippen molar-refractivity contribution in [3.05, 3.63) is 35.5 Å². The molecule has 0 aliphatic heterocycles. The van der Waals surface area contributed by atoms with Gasteiger partial charge >= 0.3 is 0 Å². The lowest BCUT2D eigenvalue weighted by molar-refractivity contribution is 0.601. The highest BCUT2D eigenvalue weighted by Crippen LogP contribution is 2.20. The zero-order chi connectivity index (χ0) is 13.3. The Hall–Kier alpha value is -2.02. The Morgan fingerprint density at radius 1 is 1.28 bits per heavy atom. The molecule has 1 aromatic heterocycles. The molecule has 0 amide bonds. The van der Waals surface area contributed by atoms with Crippen LogP contribution in [0.2, 0.25) is 0 Å². The highest BCUT2D eigenvalue weighted by Gasteiger charge is 2.16. The quantitative estimate of drug-likeness (QED) is 0.731. The fourth-order valence-corrected chi connectivity index (χ4v) is 2.80. The van der Waals surface area contributed by atoms with Gasteiger partial charge in [0.25, 0.3) is 10.0 Å². The van der Waals surface area contributed by atoms with Crippen molar-refractivity contribution in [2.24, 2.45) is 0 Å². The summed E-state index contributed by atoms with van der Waals surface area (Å²) in [5.74, 6) is 0.357.